The minimum atomic E-state index is -0.702. The van der Waals surface area contributed by atoms with Crippen molar-refractivity contribution in [3.8, 4) is 0 Å². The van der Waals surface area contributed by atoms with Gasteiger partial charge in [-0.05, 0) is 12.1 Å². The Hall–Kier alpha value is -1.75. The number of nitrogens with zero attached hydrogens (tertiary/aromatic N) is 2. The maximum atomic E-state index is 13.3. The molecule has 0 amide bonds. The lowest BCUT2D eigenvalue weighted by atomic mass is 10.2. The van der Waals surface area contributed by atoms with E-state index in [4.69, 9.17) is 11.6 Å². The molecule has 0 aliphatic carbocycles. The van der Waals surface area contributed by atoms with E-state index < -0.39 is 17.2 Å². The summed E-state index contributed by atoms with van der Waals surface area (Å²) >= 11 is 5.51. The molecule has 2 aromatic rings. The summed E-state index contributed by atoms with van der Waals surface area (Å²) in [7, 11) is 0. The van der Waals surface area contributed by atoms with Crippen LogP contribution in [-0.2, 0) is 6.54 Å². The molecule has 1 heterocycles. The molecule has 0 unspecified atom stereocenters. The Morgan fingerprint density at radius 2 is 1.94 bits per heavy atom. The first kappa shape index (κ1) is 11.7. The standard InChI is InChI=1S/C11H7ClF2N2O/c12-10-4-11(17)16(6-15-10)5-7-8(13)2-1-3-9(7)14/h1-4,6H,5H2. The number of rotatable bonds is 2. The van der Waals surface area contributed by atoms with Crippen molar-refractivity contribution in [3.05, 3.63) is 63.3 Å². The summed E-state index contributed by atoms with van der Waals surface area (Å²) in [4.78, 5) is 15.1. The van der Waals surface area contributed by atoms with Crippen LogP contribution in [0.5, 0.6) is 0 Å². The third-order valence-electron chi connectivity index (χ3n) is 2.24. The van der Waals surface area contributed by atoms with Crippen LogP contribution in [-0.4, -0.2) is 9.55 Å². The van der Waals surface area contributed by atoms with Gasteiger partial charge in [0, 0.05) is 11.6 Å². The third kappa shape index (κ3) is 2.50. The highest BCUT2D eigenvalue weighted by atomic mass is 35.5. The Morgan fingerprint density at radius 3 is 2.53 bits per heavy atom. The predicted molar refractivity (Wildman–Crippen MR) is 59.0 cm³/mol. The largest absolute Gasteiger partial charge is 0.294 e. The summed E-state index contributed by atoms with van der Waals surface area (Å²) in [5.74, 6) is -1.40. The molecule has 0 spiro atoms. The van der Waals surface area contributed by atoms with Gasteiger partial charge in [-0.15, -0.1) is 0 Å². The van der Waals surface area contributed by atoms with Crippen LogP contribution in [0.25, 0.3) is 0 Å². The first-order valence-corrected chi connectivity index (χ1v) is 5.10. The van der Waals surface area contributed by atoms with Crippen molar-refractivity contribution in [1.82, 2.24) is 9.55 Å². The van der Waals surface area contributed by atoms with Gasteiger partial charge >= 0.3 is 0 Å². The fourth-order valence-electron chi connectivity index (χ4n) is 1.38. The lowest BCUT2D eigenvalue weighted by molar-refractivity contribution is 0.540. The van der Waals surface area contributed by atoms with Gasteiger partial charge in [-0.2, -0.15) is 0 Å². The summed E-state index contributed by atoms with van der Waals surface area (Å²) in [6.45, 7) is -0.221. The molecule has 0 bridgehead atoms. The highest BCUT2D eigenvalue weighted by molar-refractivity contribution is 6.29. The van der Waals surface area contributed by atoms with Crippen LogP contribution in [0.3, 0.4) is 0 Å². The minimum absolute atomic E-state index is 0.0419. The van der Waals surface area contributed by atoms with Gasteiger partial charge in [0.2, 0.25) is 0 Å². The molecular weight excluding hydrogens is 250 g/mol. The van der Waals surface area contributed by atoms with Crippen molar-refractivity contribution in [2.75, 3.05) is 0 Å². The second kappa shape index (κ2) is 4.63. The fourth-order valence-corrected chi connectivity index (χ4v) is 1.51. The number of benzene rings is 1. The second-order valence-electron chi connectivity index (χ2n) is 3.38. The molecule has 17 heavy (non-hydrogen) atoms. The van der Waals surface area contributed by atoms with Gasteiger partial charge in [-0.1, -0.05) is 17.7 Å². The maximum Gasteiger partial charge on any atom is 0.255 e. The summed E-state index contributed by atoms with van der Waals surface area (Å²) in [6.07, 6.45) is 1.15. The van der Waals surface area contributed by atoms with Crippen molar-refractivity contribution in [2.45, 2.75) is 6.54 Å². The predicted octanol–water partition coefficient (Wildman–Crippen LogP) is 2.22. The SMILES string of the molecule is O=c1cc(Cl)ncn1Cc1c(F)cccc1F. The minimum Gasteiger partial charge on any atom is -0.294 e. The zero-order valence-electron chi connectivity index (χ0n) is 8.53. The first-order valence-electron chi connectivity index (χ1n) is 4.73. The first-order chi connectivity index (χ1) is 8.08. The highest BCUT2D eigenvalue weighted by Gasteiger charge is 2.09. The number of halogens is 3. The van der Waals surface area contributed by atoms with Crippen LogP contribution in [0.2, 0.25) is 5.15 Å². The van der Waals surface area contributed by atoms with Crippen LogP contribution < -0.4 is 5.56 Å². The van der Waals surface area contributed by atoms with Crippen LogP contribution in [0.1, 0.15) is 5.56 Å². The summed E-state index contributed by atoms with van der Waals surface area (Å²) in [6, 6.07) is 4.61. The molecule has 0 radical (unpaired) electrons. The Balaban J connectivity index is 2.42. The van der Waals surface area contributed by atoms with Crippen LogP contribution in [0, 0.1) is 11.6 Å². The fraction of sp³-hybridized carbons (Fsp3) is 0.0909. The normalized spacial score (nSPS) is 10.5. The van der Waals surface area contributed by atoms with Crippen molar-refractivity contribution in [2.24, 2.45) is 0 Å². The average Bonchev–Trinajstić information content (AvgIpc) is 2.26. The van der Waals surface area contributed by atoms with Crippen LogP contribution in [0.15, 0.2) is 35.4 Å². The van der Waals surface area contributed by atoms with E-state index in [9.17, 15) is 13.6 Å². The van der Waals surface area contributed by atoms with E-state index in [1.165, 1.54) is 6.07 Å². The second-order valence-corrected chi connectivity index (χ2v) is 3.77. The van der Waals surface area contributed by atoms with Gasteiger partial charge in [-0.3, -0.25) is 9.36 Å². The highest BCUT2D eigenvalue weighted by Crippen LogP contribution is 2.12. The number of aromatic nitrogens is 2. The van der Waals surface area contributed by atoms with E-state index >= 15 is 0 Å². The Morgan fingerprint density at radius 1 is 1.29 bits per heavy atom. The molecule has 6 heteroatoms. The molecule has 1 aromatic carbocycles. The molecule has 0 N–H and O–H groups in total. The van der Waals surface area contributed by atoms with Gasteiger partial charge in [0.15, 0.2) is 0 Å². The number of hydrogen-bond donors (Lipinski definition) is 0. The lowest BCUT2D eigenvalue weighted by Gasteiger charge is -2.07. The van der Waals surface area contributed by atoms with Crippen molar-refractivity contribution in [3.63, 3.8) is 0 Å². The van der Waals surface area contributed by atoms with Crippen molar-refractivity contribution < 1.29 is 8.78 Å². The molecular formula is C11H7ClF2N2O. The van der Waals surface area contributed by atoms with E-state index in [0.29, 0.717) is 0 Å². The Bertz CT molecular complexity index is 592. The van der Waals surface area contributed by atoms with E-state index in [1.54, 1.807) is 0 Å². The van der Waals surface area contributed by atoms with E-state index in [-0.39, 0.29) is 17.3 Å². The topological polar surface area (TPSA) is 34.9 Å². The van der Waals surface area contributed by atoms with E-state index in [0.717, 1.165) is 29.1 Å². The molecule has 0 aliphatic heterocycles. The average molecular weight is 257 g/mol. The molecule has 3 nitrogen and oxygen atoms in total. The molecule has 0 atom stereocenters. The Kier molecular flexibility index (Phi) is 3.19. The van der Waals surface area contributed by atoms with Crippen LogP contribution in [0.4, 0.5) is 8.78 Å². The summed E-state index contributed by atoms with van der Waals surface area (Å²) in [5.41, 5.74) is -0.647. The molecule has 0 aliphatic rings. The third-order valence-corrected chi connectivity index (χ3v) is 2.44. The Labute approximate surface area is 100 Å². The van der Waals surface area contributed by atoms with Gasteiger partial charge in [0.25, 0.3) is 5.56 Å². The molecule has 0 saturated heterocycles. The van der Waals surface area contributed by atoms with Crippen molar-refractivity contribution >= 4 is 11.6 Å². The van der Waals surface area contributed by atoms with Gasteiger partial charge < -0.3 is 0 Å². The quantitative estimate of drug-likeness (QED) is 0.773. The summed E-state index contributed by atoms with van der Waals surface area (Å²) in [5, 5.41) is 0.0419. The smallest absolute Gasteiger partial charge is 0.255 e. The molecule has 0 saturated carbocycles. The monoisotopic (exact) mass is 256 g/mol. The van der Waals surface area contributed by atoms with E-state index in [2.05, 4.69) is 4.98 Å². The van der Waals surface area contributed by atoms with Crippen molar-refractivity contribution in [1.29, 1.82) is 0 Å². The van der Waals surface area contributed by atoms with Gasteiger partial charge in [-0.25, -0.2) is 13.8 Å². The molecule has 88 valence electrons. The summed E-state index contributed by atoms with van der Waals surface area (Å²) < 4.78 is 27.8. The maximum absolute atomic E-state index is 13.3. The van der Waals surface area contributed by atoms with E-state index in [1.807, 2.05) is 0 Å². The number of hydrogen-bond acceptors (Lipinski definition) is 2. The zero-order chi connectivity index (χ0) is 12.4. The van der Waals surface area contributed by atoms with Crippen LogP contribution >= 0.6 is 11.6 Å². The lowest BCUT2D eigenvalue weighted by Crippen LogP contribution is -2.21. The zero-order valence-corrected chi connectivity index (χ0v) is 9.29. The van der Waals surface area contributed by atoms with Gasteiger partial charge in [0.1, 0.15) is 16.8 Å². The van der Waals surface area contributed by atoms with Gasteiger partial charge in [0.05, 0.1) is 12.9 Å². The molecule has 0 fully saturated rings. The molecule has 1 aromatic heterocycles. The molecule has 2 rings (SSSR count).